The molecular weight excluding hydrogens is 232 g/mol. The molecule has 0 radical (unpaired) electrons. The van der Waals surface area contributed by atoms with Gasteiger partial charge >= 0.3 is 0 Å². The molecule has 1 heterocycles. The van der Waals surface area contributed by atoms with Gasteiger partial charge in [-0.1, -0.05) is 12.2 Å². The van der Waals surface area contributed by atoms with Crippen molar-refractivity contribution in [2.45, 2.75) is 13.8 Å². The number of hydrogen-bond acceptors (Lipinski definition) is 1. The third-order valence-electron chi connectivity index (χ3n) is 2.71. The minimum absolute atomic E-state index is 0.230. The van der Waals surface area contributed by atoms with Gasteiger partial charge in [0.15, 0.2) is 0 Å². The molecule has 0 spiro atoms. The maximum absolute atomic E-state index is 13.7. The number of allylic oxidation sites excluding steroid dienone is 1. The van der Waals surface area contributed by atoms with E-state index in [2.05, 4.69) is 4.98 Å². The quantitative estimate of drug-likeness (QED) is 0.765. The third-order valence-corrected chi connectivity index (χ3v) is 2.71. The van der Waals surface area contributed by atoms with Crippen LogP contribution in [0.15, 0.2) is 36.5 Å². The molecule has 0 aliphatic rings. The SMILES string of the molecule is C/C=C\c1cc(-c2cc(F)ccc2F)cnc1C. The minimum atomic E-state index is -0.459. The number of nitrogens with zero attached hydrogens (tertiary/aromatic N) is 1. The Balaban J connectivity index is 2.57. The highest BCUT2D eigenvalue weighted by Gasteiger charge is 2.08. The molecule has 2 rings (SSSR count). The van der Waals surface area contributed by atoms with Crippen molar-refractivity contribution in [2.75, 3.05) is 0 Å². The zero-order valence-corrected chi connectivity index (χ0v) is 10.2. The van der Waals surface area contributed by atoms with Crippen molar-refractivity contribution in [1.29, 1.82) is 0 Å². The monoisotopic (exact) mass is 245 g/mol. The van der Waals surface area contributed by atoms with Gasteiger partial charge in [-0.2, -0.15) is 0 Å². The lowest BCUT2D eigenvalue weighted by Crippen LogP contribution is -1.91. The van der Waals surface area contributed by atoms with Gasteiger partial charge < -0.3 is 0 Å². The summed E-state index contributed by atoms with van der Waals surface area (Å²) >= 11 is 0. The maximum Gasteiger partial charge on any atom is 0.131 e. The van der Waals surface area contributed by atoms with Gasteiger partial charge in [0.2, 0.25) is 0 Å². The molecule has 92 valence electrons. The molecule has 0 N–H and O–H groups in total. The van der Waals surface area contributed by atoms with E-state index in [4.69, 9.17) is 0 Å². The second-order valence-corrected chi connectivity index (χ2v) is 4.02. The zero-order valence-electron chi connectivity index (χ0n) is 10.2. The molecule has 0 fully saturated rings. The zero-order chi connectivity index (χ0) is 13.1. The summed E-state index contributed by atoms with van der Waals surface area (Å²) in [6.07, 6.45) is 5.33. The van der Waals surface area contributed by atoms with Gasteiger partial charge in [0, 0.05) is 23.0 Å². The van der Waals surface area contributed by atoms with E-state index in [-0.39, 0.29) is 5.56 Å². The van der Waals surface area contributed by atoms with Crippen molar-refractivity contribution in [2.24, 2.45) is 0 Å². The number of aromatic nitrogens is 1. The summed E-state index contributed by atoms with van der Waals surface area (Å²) in [5, 5.41) is 0. The van der Waals surface area contributed by atoms with Gasteiger partial charge in [-0.05, 0) is 43.7 Å². The second-order valence-electron chi connectivity index (χ2n) is 4.02. The van der Waals surface area contributed by atoms with Crippen molar-refractivity contribution in [1.82, 2.24) is 4.98 Å². The smallest absolute Gasteiger partial charge is 0.131 e. The summed E-state index contributed by atoms with van der Waals surface area (Å²) in [5.74, 6) is -0.909. The summed E-state index contributed by atoms with van der Waals surface area (Å²) in [6, 6.07) is 5.22. The molecule has 0 atom stereocenters. The minimum Gasteiger partial charge on any atom is -0.260 e. The largest absolute Gasteiger partial charge is 0.260 e. The summed E-state index contributed by atoms with van der Waals surface area (Å²) < 4.78 is 26.8. The first-order valence-electron chi connectivity index (χ1n) is 5.66. The average Bonchev–Trinajstić information content (AvgIpc) is 2.35. The number of pyridine rings is 1. The van der Waals surface area contributed by atoms with Crippen molar-refractivity contribution in [3.05, 3.63) is 59.4 Å². The van der Waals surface area contributed by atoms with Crippen LogP contribution in [0.3, 0.4) is 0 Å². The Labute approximate surface area is 105 Å². The Morgan fingerprint density at radius 3 is 2.67 bits per heavy atom. The molecule has 3 heteroatoms. The fraction of sp³-hybridized carbons (Fsp3) is 0.133. The Morgan fingerprint density at radius 2 is 1.94 bits per heavy atom. The summed E-state index contributed by atoms with van der Waals surface area (Å²) in [7, 11) is 0. The highest BCUT2D eigenvalue weighted by atomic mass is 19.1. The molecule has 0 aliphatic heterocycles. The maximum atomic E-state index is 13.7. The molecule has 0 bridgehead atoms. The predicted octanol–water partition coefficient (Wildman–Crippen LogP) is 4.37. The van der Waals surface area contributed by atoms with Gasteiger partial charge in [-0.15, -0.1) is 0 Å². The Kier molecular flexibility index (Phi) is 3.51. The molecule has 1 nitrogen and oxygen atoms in total. The molecule has 0 aliphatic carbocycles. The molecular formula is C15H13F2N. The van der Waals surface area contributed by atoms with Crippen molar-refractivity contribution in [3.8, 4) is 11.1 Å². The fourth-order valence-corrected chi connectivity index (χ4v) is 1.76. The first kappa shape index (κ1) is 12.4. The van der Waals surface area contributed by atoms with E-state index in [1.54, 1.807) is 12.3 Å². The van der Waals surface area contributed by atoms with Crippen LogP contribution >= 0.6 is 0 Å². The highest BCUT2D eigenvalue weighted by Crippen LogP contribution is 2.25. The van der Waals surface area contributed by atoms with E-state index >= 15 is 0 Å². The van der Waals surface area contributed by atoms with Crippen LogP contribution < -0.4 is 0 Å². The summed E-state index contributed by atoms with van der Waals surface area (Å²) in [5.41, 5.74) is 2.56. The topological polar surface area (TPSA) is 12.9 Å². The first-order valence-corrected chi connectivity index (χ1v) is 5.66. The van der Waals surface area contributed by atoms with Gasteiger partial charge in [0.25, 0.3) is 0 Å². The predicted molar refractivity (Wildman–Crippen MR) is 69.0 cm³/mol. The second kappa shape index (κ2) is 5.08. The van der Waals surface area contributed by atoms with Crippen LogP contribution in [0.4, 0.5) is 8.78 Å². The standard InChI is InChI=1S/C15H13F2N/c1-3-4-11-7-12(9-18-10(11)2)14-8-13(16)5-6-15(14)17/h3-9H,1-2H3/b4-3-. The van der Waals surface area contributed by atoms with Gasteiger partial charge in [-0.25, -0.2) is 8.78 Å². The molecule has 2 aromatic rings. The van der Waals surface area contributed by atoms with E-state index < -0.39 is 11.6 Å². The summed E-state index contributed by atoms with van der Waals surface area (Å²) in [4.78, 5) is 4.20. The number of rotatable bonds is 2. The third kappa shape index (κ3) is 2.45. The number of hydrogen-bond donors (Lipinski definition) is 0. The molecule has 1 aromatic heterocycles. The molecule has 18 heavy (non-hydrogen) atoms. The van der Waals surface area contributed by atoms with E-state index in [1.807, 2.05) is 26.0 Å². The average molecular weight is 245 g/mol. The lowest BCUT2D eigenvalue weighted by atomic mass is 10.0. The van der Waals surface area contributed by atoms with Crippen LogP contribution in [0.2, 0.25) is 0 Å². The van der Waals surface area contributed by atoms with Gasteiger partial charge in [0.05, 0.1) is 0 Å². The molecule has 0 saturated carbocycles. The lowest BCUT2D eigenvalue weighted by Gasteiger charge is -2.06. The van der Waals surface area contributed by atoms with Crippen LogP contribution in [0.25, 0.3) is 17.2 Å². The fourth-order valence-electron chi connectivity index (χ4n) is 1.76. The Bertz CT molecular complexity index is 603. The van der Waals surface area contributed by atoms with E-state index in [0.717, 1.165) is 23.4 Å². The molecule has 0 amide bonds. The van der Waals surface area contributed by atoms with Crippen LogP contribution in [-0.4, -0.2) is 4.98 Å². The van der Waals surface area contributed by atoms with E-state index in [0.29, 0.717) is 5.56 Å². The summed E-state index contributed by atoms with van der Waals surface area (Å²) in [6.45, 7) is 3.77. The molecule has 0 unspecified atom stereocenters. The van der Waals surface area contributed by atoms with Crippen LogP contribution in [-0.2, 0) is 0 Å². The van der Waals surface area contributed by atoms with E-state index in [9.17, 15) is 8.78 Å². The number of benzene rings is 1. The van der Waals surface area contributed by atoms with Crippen molar-refractivity contribution < 1.29 is 8.78 Å². The van der Waals surface area contributed by atoms with Gasteiger partial charge in [0.1, 0.15) is 11.6 Å². The number of halogens is 2. The van der Waals surface area contributed by atoms with E-state index in [1.165, 1.54) is 6.07 Å². The Hall–Kier alpha value is -2.03. The van der Waals surface area contributed by atoms with Crippen molar-refractivity contribution >= 4 is 6.08 Å². The molecule has 1 aromatic carbocycles. The Morgan fingerprint density at radius 1 is 1.17 bits per heavy atom. The van der Waals surface area contributed by atoms with Crippen molar-refractivity contribution in [3.63, 3.8) is 0 Å². The first-order chi connectivity index (χ1) is 8.61. The highest BCUT2D eigenvalue weighted by molar-refractivity contribution is 5.67. The lowest BCUT2D eigenvalue weighted by molar-refractivity contribution is 0.603. The number of aryl methyl sites for hydroxylation is 1. The van der Waals surface area contributed by atoms with Crippen LogP contribution in [0, 0.1) is 18.6 Å². The van der Waals surface area contributed by atoms with Gasteiger partial charge in [-0.3, -0.25) is 4.98 Å². The normalized spacial score (nSPS) is 11.1. The van der Waals surface area contributed by atoms with Crippen LogP contribution in [0.5, 0.6) is 0 Å². The molecule has 0 saturated heterocycles. The van der Waals surface area contributed by atoms with Crippen LogP contribution in [0.1, 0.15) is 18.2 Å².